The Morgan fingerprint density at radius 1 is 0.926 bits per heavy atom. The van der Waals surface area contributed by atoms with Crippen LogP contribution in [0.15, 0.2) is 64.2 Å². The molecule has 5 aromatic rings. The highest BCUT2D eigenvalue weighted by atomic mass is 32.1. The molecule has 0 saturated carbocycles. The second-order valence-electron chi connectivity index (χ2n) is 5.75. The van der Waals surface area contributed by atoms with Crippen LogP contribution in [0.1, 0.15) is 5.69 Å². The van der Waals surface area contributed by atoms with Gasteiger partial charge in [0.15, 0.2) is 0 Å². The summed E-state index contributed by atoms with van der Waals surface area (Å²) in [4.78, 5) is 19.3. The first-order chi connectivity index (χ1) is 13.3. The fourth-order valence-electron chi connectivity index (χ4n) is 2.87. The first-order valence-corrected chi connectivity index (χ1v) is 9.91. The maximum absolute atomic E-state index is 13.1. The highest BCUT2D eigenvalue weighted by molar-refractivity contribution is 7.14. The van der Waals surface area contributed by atoms with E-state index in [0.717, 1.165) is 21.1 Å². The average molecular weight is 392 g/mol. The molecule has 0 spiro atoms. The quantitative estimate of drug-likeness (QED) is 0.469. The van der Waals surface area contributed by atoms with Gasteiger partial charge >= 0.3 is 5.69 Å². The van der Waals surface area contributed by atoms with Crippen molar-refractivity contribution in [1.29, 1.82) is 0 Å². The molecule has 0 fully saturated rings. The van der Waals surface area contributed by atoms with Crippen LogP contribution in [-0.4, -0.2) is 29.4 Å². The number of hydrogen-bond donors (Lipinski definition) is 0. The molecule has 9 heteroatoms. The molecule has 0 radical (unpaired) electrons. The number of pyridine rings is 1. The van der Waals surface area contributed by atoms with E-state index in [1.807, 2.05) is 53.2 Å². The topological polar surface area (TPSA) is 78.0 Å². The molecule has 0 atom stereocenters. The molecule has 5 rings (SSSR count). The van der Waals surface area contributed by atoms with E-state index in [9.17, 15) is 4.79 Å². The van der Waals surface area contributed by atoms with Gasteiger partial charge in [0.25, 0.3) is 5.78 Å². The number of rotatable bonds is 4. The summed E-state index contributed by atoms with van der Waals surface area (Å²) in [6, 6.07) is 13.4. The molecular formula is C18H12N6OS2. The van der Waals surface area contributed by atoms with Crippen LogP contribution in [0.2, 0.25) is 0 Å². The van der Waals surface area contributed by atoms with Gasteiger partial charge in [-0.1, -0.05) is 18.2 Å². The normalized spacial score (nSPS) is 11.3. The third kappa shape index (κ3) is 2.77. The first kappa shape index (κ1) is 16.0. The van der Waals surface area contributed by atoms with Crippen molar-refractivity contribution < 1.29 is 0 Å². The summed E-state index contributed by atoms with van der Waals surface area (Å²) in [7, 11) is 0. The molecule has 0 saturated heterocycles. The van der Waals surface area contributed by atoms with Gasteiger partial charge in [-0.15, -0.1) is 38.0 Å². The standard InChI is InChI=1S/C18H12N6OS2/c25-18-23(11-12-5-1-2-8-19-12)22-17-21-20-15(13-6-3-9-26-13)16(24(17)18)14-7-4-10-27-14/h1-10H,11H2. The van der Waals surface area contributed by atoms with Crippen molar-refractivity contribution in [3.63, 3.8) is 0 Å². The summed E-state index contributed by atoms with van der Waals surface area (Å²) in [5.74, 6) is 0.277. The minimum Gasteiger partial charge on any atom is -0.259 e. The molecule has 5 aromatic heterocycles. The minimum absolute atomic E-state index is 0.258. The van der Waals surface area contributed by atoms with Crippen molar-refractivity contribution >= 4 is 28.5 Å². The number of nitrogens with zero attached hydrogens (tertiary/aromatic N) is 6. The molecule has 0 aromatic carbocycles. The molecule has 0 N–H and O–H groups in total. The highest BCUT2D eigenvalue weighted by Crippen LogP contribution is 2.34. The predicted octanol–water partition coefficient (Wildman–Crippen LogP) is 3.19. The third-order valence-electron chi connectivity index (χ3n) is 4.06. The van der Waals surface area contributed by atoms with Gasteiger partial charge in [-0.05, 0) is 35.0 Å². The Kier molecular flexibility index (Phi) is 3.88. The second kappa shape index (κ2) is 6.53. The van der Waals surface area contributed by atoms with Crippen LogP contribution in [0.4, 0.5) is 0 Å². The Morgan fingerprint density at radius 3 is 2.44 bits per heavy atom. The molecule has 132 valence electrons. The largest absolute Gasteiger partial charge is 0.352 e. The smallest absolute Gasteiger partial charge is 0.259 e. The molecule has 0 aliphatic rings. The van der Waals surface area contributed by atoms with Crippen LogP contribution in [-0.2, 0) is 6.54 Å². The Labute approximate surface area is 161 Å². The number of hydrogen-bond acceptors (Lipinski definition) is 7. The van der Waals surface area contributed by atoms with Crippen molar-refractivity contribution in [3.05, 3.63) is 75.6 Å². The van der Waals surface area contributed by atoms with Crippen molar-refractivity contribution in [3.8, 4) is 21.1 Å². The summed E-state index contributed by atoms with van der Waals surface area (Å²) in [5.41, 5.74) is 1.90. The van der Waals surface area contributed by atoms with Gasteiger partial charge < -0.3 is 0 Å². The summed E-state index contributed by atoms with van der Waals surface area (Å²) >= 11 is 3.11. The zero-order valence-electron chi connectivity index (χ0n) is 13.9. The van der Waals surface area contributed by atoms with E-state index in [-0.39, 0.29) is 18.0 Å². The van der Waals surface area contributed by atoms with Crippen LogP contribution in [0.25, 0.3) is 26.9 Å². The van der Waals surface area contributed by atoms with Gasteiger partial charge in [0.1, 0.15) is 11.4 Å². The summed E-state index contributed by atoms with van der Waals surface area (Å²) in [5, 5.41) is 16.9. The Morgan fingerprint density at radius 2 is 1.74 bits per heavy atom. The molecule has 0 bridgehead atoms. The van der Waals surface area contributed by atoms with E-state index < -0.39 is 0 Å². The lowest BCUT2D eigenvalue weighted by molar-refractivity contribution is 0.646. The van der Waals surface area contributed by atoms with Gasteiger partial charge in [0.05, 0.1) is 22.0 Å². The van der Waals surface area contributed by atoms with E-state index in [0.29, 0.717) is 5.69 Å². The molecule has 0 unspecified atom stereocenters. The van der Waals surface area contributed by atoms with Gasteiger partial charge in [0, 0.05) is 6.20 Å². The SMILES string of the molecule is O=c1n(Cc2ccccn2)nc2nnc(-c3cccs3)c(-c3cccs3)n12. The van der Waals surface area contributed by atoms with Crippen molar-refractivity contribution in [1.82, 2.24) is 29.4 Å². The molecule has 7 nitrogen and oxygen atoms in total. The van der Waals surface area contributed by atoms with Crippen LogP contribution < -0.4 is 5.69 Å². The monoisotopic (exact) mass is 392 g/mol. The molecule has 0 aliphatic heterocycles. The lowest BCUT2D eigenvalue weighted by Crippen LogP contribution is -2.23. The van der Waals surface area contributed by atoms with Crippen LogP contribution in [0.3, 0.4) is 0 Å². The number of aromatic nitrogens is 6. The number of fused-ring (bicyclic) bond motifs is 1. The Hall–Kier alpha value is -3.17. The van der Waals surface area contributed by atoms with E-state index in [1.165, 1.54) is 9.08 Å². The third-order valence-corrected chi connectivity index (χ3v) is 5.81. The summed E-state index contributed by atoms with van der Waals surface area (Å²) in [6.45, 7) is 0.279. The Bertz CT molecular complexity index is 1260. The van der Waals surface area contributed by atoms with E-state index >= 15 is 0 Å². The first-order valence-electron chi connectivity index (χ1n) is 8.15. The Balaban J connectivity index is 1.76. The van der Waals surface area contributed by atoms with E-state index in [2.05, 4.69) is 20.3 Å². The number of thiophene rings is 2. The maximum atomic E-state index is 13.1. The van der Waals surface area contributed by atoms with Crippen molar-refractivity contribution in [2.24, 2.45) is 0 Å². The minimum atomic E-state index is -0.258. The van der Waals surface area contributed by atoms with E-state index in [4.69, 9.17) is 0 Å². The van der Waals surface area contributed by atoms with Crippen molar-refractivity contribution in [2.75, 3.05) is 0 Å². The second-order valence-corrected chi connectivity index (χ2v) is 7.64. The summed E-state index contributed by atoms with van der Waals surface area (Å²) in [6.07, 6.45) is 1.70. The van der Waals surface area contributed by atoms with Crippen LogP contribution in [0, 0.1) is 0 Å². The zero-order chi connectivity index (χ0) is 18.2. The van der Waals surface area contributed by atoms with Crippen LogP contribution >= 0.6 is 22.7 Å². The van der Waals surface area contributed by atoms with Gasteiger partial charge in [-0.3, -0.25) is 4.98 Å². The highest BCUT2D eigenvalue weighted by Gasteiger charge is 2.21. The fraction of sp³-hybridized carbons (Fsp3) is 0.0556. The lowest BCUT2D eigenvalue weighted by Gasteiger charge is -2.06. The fourth-order valence-corrected chi connectivity index (χ4v) is 4.34. The molecule has 5 heterocycles. The summed E-state index contributed by atoms with van der Waals surface area (Å²) < 4.78 is 2.92. The molecule has 27 heavy (non-hydrogen) atoms. The van der Waals surface area contributed by atoms with Crippen LogP contribution in [0.5, 0.6) is 0 Å². The predicted molar refractivity (Wildman–Crippen MR) is 105 cm³/mol. The average Bonchev–Trinajstić information content (AvgIpc) is 3.45. The lowest BCUT2D eigenvalue weighted by atomic mass is 10.2. The van der Waals surface area contributed by atoms with Gasteiger partial charge in [0.2, 0.25) is 0 Å². The maximum Gasteiger partial charge on any atom is 0.352 e. The molecular weight excluding hydrogens is 380 g/mol. The van der Waals surface area contributed by atoms with Crippen molar-refractivity contribution in [2.45, 2.75) is 6.54 Å². The molecule has 0 aliphatic carbocycles. The van der Waals surface area contributed by atoms with E-state index in [1.54, 1.807) is 28.9 Å². The zero-order valence-corrected chi connectivity index (χ0v) is 15.5. The van der Waals surface area contributed by atoms with Gasteiger partial charge in [-0.2, -0.15) is 0 Å². The molecule has 0 amide bonds. The van der Waals surface area contributed by atoms with Gasteiger partial charge in [-0.25, -0.2) is 13.9 Å².